The number of nitrogens with zero attached hydrogens (tertiary/aromatic N) is 1. The molecule has 0 spiro atoms. The Morgan fingerprint density at radius 1 is 1.21 bits per heavy atom. The zero-order valence-electron chi connectivity index (χ0n) is 10.6. The molecule has 2 aromatic carbocycles. The SMILES string of the molecule is CCc1ccc2nc(-c3ccc(N)cc3F)[nH]c2c1. The second kappa shape index (κ2) is 4.39. The summed E-state index contributed by atoms with van der Waals surface area (Å²) in [6, 6.07) is 10.6. The highest BCUT2D eigenvalue weighted by Crippen LogP contribution is 2.25. The Labute approximate surface area is 110 Å². The third kappa shape index (κ3) is 2.05. The maximum absolute atomic E-state index is 13.9. The number of benzene rings is 2. The number of aromatic amines is 1. The summed E-state index contributed by atoms with van der Waals surface area (Å²) in [5.41, 5.74) is 9.37. The molecule has 0 atom stereocenters. The molecular formula is C15H14FN3. The monoisotopic (exact) mass is 255 g/mol. The summed E-state index contributed by atoms with van der Waals surface area (Å²) in [4.78, 5) is 7.57. The number of hydrogen-bond donors (Lipinski definition) is 2. The van der Waals surface area contributed by atoms with Crippen LogP contribution in [0.5, 0.6) is 0 Å². The minimum Gasteiger partial charge on any atom is -0.399 e. The number of hydrogen-bond acceptors (Lipinski definition) is 2. The van der Waals surface area contributed by atoms with E-state index in [-0.39, 0.29) is 5.82 Å². The largest absolute Gasteiger partial charge is 0.399 e. The average molecular weight is 255 g/mol. The lowest BCUT2D eigenvalue weighted by molar-refractivity contribution is 0.631. The zero-order valence-corrected chi connectivity index (χ0v) is 10.6. The number of aryl methyl sites for hydroxylation is 1. The van der Waals surface area contributed by atoms with Gasteiger partial charge in [-0.1, -0.05) is 13.0 Å². The number of rotatable bonds is 2. The quantitative estimate of drug-likeness (QED) is 0.688. The van der Waals surface area contributed by atoms with Gasteiger partial charge in [-0.2, -0.15) is 0 Å². The second-order valence-electron chi connectivity index (χ2n) is 4.53. The van der Waals surface area contributed by atoms with Crippen molar-refractivity contribution in [2.75, 3.05) is 5.73 Å². The first-order chi connectivity index (χ1) is 9.17. The summed E-state index contributed by atoms with van der Waals surface area (Å²) in [7, 11) is 0. The van der Waals surface area contributed by atoms with E-state index in [1.807, 2.05) is 18.2 Å². The van der Waals surface area contributed by atoms with Gasteiger partial charge in [0.1, 0.15) is 11.6 Å². The number of imidazole rings is 1. The molecule has 4 heteroatoms. The number of halogens is 1. The third-order valence-electron chi connectivity index (χ3n) is 3.20. The van der Waals surface area contributed by atoms with E-state index in [1.165, 1.54) is 11.6 Å². The number of aromatic nitrogens is 2. The Morgan fingerprint density at radius 3 is 2.79 bits per heavy atom. The Bertz CT molecular complexity index is 746. The van der Waals surface area contributed by atoms with Gasteiger partial charge >= 0.3 is 0 Å². The lowest BCUT2D eigenvalue weighted by Gasteiger charge is -2.00. The highest BCUT2D eigenvalue weighted by atomic mass is 19.1. The van der Waals surface area contributed by atoms with Crippen molar-refractivity contribution in [3.05, 3.63) is 47.8 Å². The molecule has 0 bridgehead atoms. The van der Waals surface area contributed by atoms with Gasteiger partial charge in [-0.15, -0.1) is 0 Å². The van der Waals surface area contributed by atoms with Gasteiger partial charge in [0.15, 0.2) is 0 Å². The van der Waals surface area contributed by atoms with Gasteiger partial charge in [-0.05, 0) is 42.3 Å². The van der Waals surface area contributed by atoms with Crippen LogP contribution in [0.4, 0.5) is 10.1 Å². The molecule has 0 amide bonds. The molecule has 1 heterocycles. The highest BCUT2D eigenvalue weighted by molar-refractivity contribution is 5.80. The first-order valence-electron chi connectivity index (χ1n) is 6.21. The van der Waals surface area contributed by atoms with Crippen LogP contribution < -0.4 is 5.73 Å². The van der Waals surface area contributed by atoms with Crippen molar-refractivity contribution in [2.45, 2.75) is 13.3 Å². The molecule has 1 aromatic heterocycles. The second-order valence-corrected chi connectivity index (χ2v) is 4.53. The van der Waals surface area contributed by atoms with Gasteiger partial charge in [-0.3, -0.25) is 0 Å². The summed E-state index contributed by atoms with van der Waals surface area (Å²) in [5, 5.41) is 0. The molecule has 3 rings (SSSR count). The Morgan fingerprint density at radius 2 is 2.05 bits per heavy atom. The lowest BCUT2D eigenvalue weighted by Crippen LogP contribution is -1.90. The van der Waals surface area contributed by atoms with Gasteiger partial charge in [0.2, 0.25) is 0 Å². The summed E-state index contributed by atoms with van der Waals surface area (Å²) in [6.45, 7) is 2.10. The Balaban J connectivity index is 2.14. The van der Waals surface area contributed by atoms with Crippen LogP contribution in [0, 0.1) is 5.82 Å². The molecule has 0 aliphatic heterocycles. The van der Waals surface area contributed by atoms with E-state index in [1.54, 1.807) is 12.1 Å². The normalized spacial score (nSPS) is 11.1. The molecule has 96 valence electrons. The van der Waals surface area contributed by atoms with Gasteiger partial charge in [0, 0.05) is 5.69 Å². The van der Waals surface area contributed by atoms with E-state index in [0.717, 1.165) is 17.5 Å². The zero-order chi connectivity index (χ0) is 13.4. The predicted octanol–water partition coefficient (Wildman–Crippen LogP) is 3.51. The van der Waals surface area contributed by atoms with Crippen LogP contribution in [-0.4, -0.2) is 9.97 Å². The van der Waals surface area contributed by atoms with E-state index in [2.05, 4.69) is 16.9 Å². The fraction of sp³-hybridized carbons (Fsp3) is 0.133. The maximum Gasteiger partial charge on any atom is 0.141 e. The van der Waals surface area contributed by atoms with Crippen molar-refractivity contribution < 1.29 is 4.39 Å². The molecule has 3 aromatic rings. The first-order valence-corrected chi connectivity index (χ1v) is 6.21. The van der Waals surface area contributed by atoms with Crippen LogP contribution in [0.25, 0.3) is 22.4 Å². The standard InChI is InChI=1S/C15H14FN3/c1-2-9-3-6-13-14(7-9)19-15(18-13)11-5-4-10(17)8-12(11)16/h3-8H,2,17H2,1H3,(H,18,19). The highest BCUT2D eigenvalue weighted by Gasteiger charge is 2.10. The molecule has 0 saturated heterocycles. The first kappa shape index (κ1) is 11.7. The van der Waals surface area contributed by atoms with Crippen molar-refractivity contribution in [3.8, 4) is 11.4 Å². The van der Waals surface area contributed by atoms with Crippen molar-refractivity contribution in [1.82, 2.24) is 9.97 Å². The van der Waals surface area contributed by atoms with Crippen LogP contribution in [0.1, 0.15) is 12.5 Å². The Kier molecular flexibility index (Phi) is 2.71. The summed E-state index contributed by atoms with van der Waals surface area (Å²) in [5.74, 6) is 0.163. The summed E-state index contributed by atoms with van der Waals surface area (Å²) < 4.78 is 13.9. The van der Waals surface area contributed by atoms with Gasteiger partial charge in [0.25, 0.3) is 0 Å². The average Bonchev–Trinajstić information content (AvgIpc) is 2.80. The number of H-pyrrole nitrogens is 1. The number of anilines is 1. The molecule has 3 nitrogen and oxygen atoms in total. The molecule has 19 heavy (non-hydrogen) atoms. The van der Waals surface area contributed by atoms with Gasteiger partial charge in [-0.25, -0.2) is 9.37 Å². The smallest absolute Gasteiger partial charge is 0.141 e. The van der Waals surface area contributed by atoms with Crippen LogP contribution in [0.3, 0.4) is 0 Å². The topological polar surface area (TPSA) is 54.7 Å². The molecule has 0 fully saturated rings. The number of nitrogens with one attached hydrogen (secondary N) is 1. The maximum atomic E-state index is 13.9. The van der Waals surface area contributed by atoms with Crippen molar-refractivity contribution >= 4 is 16.7 Å². The van der Waals surface area contributed by atoms with Crippen LogP contribution in [0.2, 0.25) is 0 Å². The fourth-order valence-corrected chi connectivity index (χ4v) is 2.13. The van der Waals surface area contributed by atoms with Crippen LogP contribution in [0.15, 0.2) is 36.4 Å². The third-order valence-corrected chi connectivity index (χ3v) is 3.20. The fourth-order valence-electron chi connectivity index (χ4n) is 2.13. The summed E-state index contributed by atoms with van der Waals surface area (Å²) in [6.07, 6.45) is 0.959. The molecule has 3 N–H and O–H groups in total. The number of nitrogens with two attached hydrogens (primary N) is 1. The minimum absolute atomic E-state index is 0.366. The van der Waals surface area contributed by atoms with E-state index in [0.29, 0.717) is 17.1 Å². The molecule has 0 saturated carbocycles. The molecule has 0 radical (unpaired) electrons. The molecule has 0 aliphatic rings. The molecule has 0 unspecified atom stereocenters. The molecular weight excluding hydrogens is 241 g/mol. The van der Waals surface area contributed by atoms with Crippen molar-refractivity contribution in [1.29, 1.82) is 0 Å². The van der Waals surface area contributed by atoms with Gasteiger partial charge < -0.3 is 10.7 Å². The van der Waals surface area contributed by atoms with Crippen molar-refractivity contribution in [3.63, 3.8) is 0 Å². The van der Waals surface area contributed by atoms with Crippen molar-refractivity contribution in [2.24, 2.45) is 0 Å². The number of nitrogen functional groups attached to an aromatic ring is 1. The number of fused-ring (bicyclic) bond motifs is 1. The minimum atomic E-state index is -0.366. The van der Waals surface area contributed by atoms with E-state index in [9.17, 15) is 4.39 Å². The van der Waals surface area contributed by atoms with E-state index < -0.39 is 0 Å². The van der Waals surface area contributed by atoms with Crippen LogP contribution >= 0.6 is 0 Å². The summed E-state index contributed by atoms with van der Waals surface area (Å²) >= 11 is 0. The van der Waals surface area contributed by atoms with E-state index >= 15 is 0 Å². The Hall–Kier alpha value is -2.36. The predicted molar refractivity (Wildman–Crippen MR) is 75.3 cm³/mol. The van der Waals surface area contributed by atoms with E-state index in [4.69, 9.17) is 5.73 Å². The molecule has 0 aliphatic carbocycles. The van der Waals surface area contributed by atoms with Crippen LogP contribution in [-0.2, 0) is 6.42 Å². The lowest BCUT2D eigenvalue weighted by atomic mass is 10.1. The van der Waals surface area contributed by atoms with Gasteiger partial charge in [0.05, 0.1) is 16.6 Å².